The third-order valence-corrected chi connectivity index (χ3v) is 0. The molecule has 1 N–H and O–H groups in total. The molecule has 0 spiro atoms. The molecular formula is C2H9Cl3ORu. The van der Waals surface area contributed by atoms with Crippen LogP contribution in [0.25, 0.3) is 0 Å². The van der Waals surface area contributed by atoms with Crippen LogP contribution in [0.2, 0.25) is 0 Å². The first-order chi connectivity index (χ1) is 1.41. The Morgan fingerprint density at radius 1 is 1.14 bits per heavy atom. The SMILES string of the molecule is CCO.Cl.Cl.Cl.[Ru]. The van der Waals surface area contributed by atoms with E-state index in [9.17, 15) is 0 Å². The van der Waals surface area contributed by atoms with Crippen LogP contribution in [-0.2, 0) is 19.5 Å². The van der Waals surface area contributed by atoms with Gasteiger partial charge in [-0.2, -0.15) is 0 Å². The number of aliphatic hydroxyl groups is 1. The second kappa shape index (κ2) is 51.6. The first-order valence-corrected chi connectivity index (χ1v) is 1.02. The number of rotatable bonds is 0. The second-order valence-corrected chi connectivity index (χ2v) is 0.316. The Kier molecular flexibility index (Phi) is 290. The molecule has 0 atom stereocenters. The summed E-state index contributed by atoms with van der Waals surface area (Å²) in [5.74, 6) is 0. The van der Waals surface area contributed by atoms with E-state index in [-0.39, 0.29) is 63.3 Å². The third-order valence-electron chi connectivity index (χ3n) is 0. The fourth-order valence-corrected chi connectivity index (χ4v) is 0. The number of halogens is 3. The van der Waals surface area contributed by atoms with Gasteiger partial charge in [0.05, 0.1) is 0 Å². The van der Waals surface area contributed by atoms with Crippen LogP contribution >= 0.6 is 37.2 Å². The Hall–Kier alpha value is 1.45. The summed E-state index contributed by atoms with van der Waals surface area (Å²) in [5, 5.41) is 7.57. The zero-order chi connectivity index (χ0) is 2.71. The first-order valence-electron chi connectivity index (χ1n) is 1.02. The maximum absolute atomic E-state index is 7.57. The molecule has 0 aromatic heterocycles. The van der Waals surface area contributed by atoms with E-state index in [0.717, 1.165) is 0 Å². The van der Waals surface area contributed by atoms with Crippen LogP contribution in [0.5, 0.6) is 0 Å². The second-order valence-electron chi connectivity index (χ2n) is 0.316. The van der Waals surface area contributed by atoms with Crippen molar-refractivity contribution in [2.45, 2.75) is 6.92 Å². The van der Waals surface area contributed by atoms with Crippen LogP contribution in [0, 0.1) is 0 Å². The minimum absolute atomic E-state index is 0. The Balaban J connectivity index is -0.00000000333. The molecule has 0 bridgehead atoms. The number of aliphatic hydroxyl groups excluding tert-OH is 1. The van der Waals surface area contributed by atoms with Crippen molar-refractivity contribution in [1.29, 1.82) is 0 Å². The molecule has 0 aliphatic heterocycles. The quantitative estimate of drug-likeness (QED) is 0.647. The molecule has 0 heterocycles. The summed E-state index contributed by atoms with van der Waals surface area (Å²) in [7, 11) is 0. The average Bonchev–Trinajstić information content (AvgIpc) is 0.918. The van der Waals surface area contributed by atoms with Crippen LogP contribution in [0.1, 0.15) is 6.92 Å². The Labute approximate surface area is 75.2 Å². The van der Waals surface area contributed by atoms with Crippen molar-refractivity contribution in [2.75, 3.05) is 6.61 Å². The van der Waals surface area contributed by atoms with Gasteiger partial charge in [0.25, 0.3) is 0 Å². The van der Waals surface area contributed by atoms with Crippen molar-refractivity contribution in [3.05, 3.63) is 0 Å². The van der Waals surface area contributed by atoms with Crippen molar-refractivity contribution in [2.24, 2.45) is 0 Å². The van der Waals surface area contributed by atoms with E-state index < -0.39 is 0 Å². The zero-order valence-corrected chi connectivity index (χ0v) is 7.92. The molecule has 0 aliphatic rings. The van der Waals surface area contributed by atoms with Gasteiger partial charge in [-0.15, -0.1) is 37.2 Å². The van der Waals surface area contributed by atoms with Gasteiger partial charge in [0.15, 0.2) is 0 Å². The van der Waals surface area contributed by atoms with Crippen molar-refractivity contribution in [1.82, 2.24) is 0 Å². The Morgan fingerprint density at radius 3 is 1.14 bits per heavy atom. The van der Waals surface area contributed by atoms with Gasteiger partial charge in [-0.3, -0.25) is 0 Å². The van der Waals surface area contributed by atoms with Gasteiger partial charge >= 0.3 is 0 Å². The fraction of sp³-hybridized carbons (Fsp3) is 1.00. The predicted octanol–water partition coefficient (Wildman–Crippen LogP) is 1.26. The molecule has 0 aromatic carbocycles. The molecular weight excluding hydrogens is 247 g/mol. The topological polar surface area (TPSA) is 20.2 Å². The van der Waals surface area contributed by atoms with E-state index in [1.807, 2.05) is 0 Å². The summed E-state index contributed by atoms with van der Waals surface area (Å²) in [4.78, 5) is 0. The largest absolute Gasteiger partial charge is 0.397 e. The zero-order valence-electron chi connectivity index (χ0n) is 3.73. The summed E-state index contributed by atoms with van der Waals surface area (Å²) in [5.41, 5.74) is 0. The molecule has 0 rings (SSSR count). The van der Waals surface area contributed by atoms with Gasteiger partial charge in [-0.05, 0) is 6.92 Å². The van der Waals surface area contributed by atoms with E-state index in [4.69, 9.17) is 5.11 Å². The van der Waals surface area contributed by atoms with Crippen LogP contribution in [0.15, 0.2) is 0 Å². The third kappa shape index (κ3) is 105. The molecule has 1 nitrogen and oxygen atoms in total. The van der Waals surface area contributed by atoms with Gasteiger partial charge in [-0.25, -0.2) is 0 Å². The van der Waals surface area contributed by atoms with Crippen LogP contribution in [0.4, 0.5) is 0 Å². The molecule has 0 fully saturated rings. The number of hydrogen-bond acceptors (Lipinski definition) is 1. The summed E-state index contributed by atoms with van der Waals surface area (Å²) in [6, 6.07) is 0. The molecule has 0 saturated carbocycles. The van der Waals surface area contributed by atoms with E-state index in [2.05, 4.69) is 0 Å². The monoisotopic (exact) mass is 256 g/mol. The predicted molar refractivity (Wildman–Crippen MR) is 34.5 cm³/mol. The van der Waals surface area contributed by atoms with E-state index in [0.29, 0.717) is 0 Å². The van der Waals surface area contributed by atoms with Gasteiger partial charge in [0.2, 0.25) is 0 Å². The fourth-order valence-electron chi connectivity index (χ4n) is 0. The van der Waals surface area contributed by atoms with Gasteiger partial charge in [-0.1, -0.05) is 0 Å². The van der Waals surface area contributed by atoms with Gasteiger partial charge in [0.1, 0.15) is 0 Å². The maximum atomic E-state index is 7.57. The van der Waals surface area contributed by atoms with Crippen molar-refractivity contribution >= 4 is 37.2 Å². The molecule has 52 valence electrons. The summed E-state index contributed by atoms with van der Waals surface area (Å²) in [6.07, 6.45) is 0. The number of hydrogen-bond donors (Lipinski definition) is 1. The van der Waals surface area contributed by atoms with E-state index >= 15 is 0 Å². The first kappa shape index (κ1) is 39.4. The smallest absolute Gasteiger partial charge is 0.0402 e. The molecule has 7 heavy (non-hydrogen) atoms. The summed E-state index contributed by atoms with van der Waals surface area (Å²) in [6.45, 7) is 1.93. The molecule has 5 heteroatoms. The molecule has 0 aliphatic carbocycles. The summed E-state index contributed by atoms with van der Waals surface area (Å²) >= 11 is 0. The molecule has 0 radical (unpaired) electrons. The van der Waals surface area contributed by atoms with Crippen molar-refractivity contribution < 1.29 is 24.6 Å². The van der Waals surface area contributed by atoms with Crippen LogP contribution in [0.3, 0.4) is 0 Å². The normalized spacial score (nSPS) is 2.57. The van der Waals surface area contributed by atoms with Crippen LogP contribution < -0.4 is 0 Å². The van der Waals surface area contributed by atoms with E-state index in [1.165, 1.54) is 0 Å². The molecule has 0 unspecified atom stereocenters. The Morgan fingerprint density at radius 2 is 1.14 bits per heavy atom. The molecule has 0 amide bonds. The maximum Gasteiger partial charge on any atom is 0.0402 e. The minimum atomic E-state index is 0. The summed E-state index contributed by atoms with van der Waals surface area (Å²) < 4.78 is 0. The van der Waals surface area contributed by atoms with Crippen molar-refractivity contribution in [3.63, 3.8) is 0 Å². The molecule has 0 aromatic rings. The molecule has 0 saturated heterocycles. The minimum Gasteiger partial charge on any atom is -0.397 e. The Bertz CT molecular complexity index is 12.9. The van der Waals surface area contributed by atoms with Crippen LogP contribution in [-0.4, -0.2) is 11.7 Å². The average molecular weight is 257 g/mol. The van der Waals surface area contributed by atoms with E-state index in [1.54, 1.807) is 6.92 Å². The van der Waals surface area contributed by atoms with Gasteiger partial charge < -0.3 is 5.11 Å². The standard InChI is InChI=1S/C2H6O.3ClH.Ru/c1-2-3;;;;/h3H,2H2,1H3;3*1H;. The van der Waals surface area contributed by atoms with Gasteiger partial charge in [0, 0.05) is 26.1 Å². The van der Waals surface area contributed by atoms with Crippen molar-refractivity contribution in [3.8, 4) is 0 Å².